The van der Waals surface area contributed by atoms with E-state index >= 15 is 0 Å². The molecular weight excluding hydrogens is 349 g/mol. The van der Waals surface area contributed by atoms with E-state index in [2.05, 4.69) is 86.4 Å². The molecule has 1 nitrogen and oxygen atoms in total. The molecule has 2 aromatic carbocycles. The van der Waals surface area contributed by atoms with Crippen LogP contribution < -0.4 is 10.2 Å². The molecule has 16 heavy (non-hydrogen) atoms. The van der Waals surface area contributed by atoms with Gasteiger partial charge in [-0.25, -0.2) is 0 Å². The molecule has 0 bridgehead atoms. The number of benzene rings is 2. The number of fused-ring (bicyclic) bond motifs is 1. The van der Waals surface area contributed by atoms with Gasteiger partial charge in [-0.2, -0.15) is 0 Å². The molecule has 2 rings (SSSR count). The molecule has 0 aliphatic rings. The van der Waals surface area contributed by atoms with Crippen LogP contribution in [0.15, 0.2) is 36.4 Å². The molecule has 0 unspecified atom stereocenters. The number of hydrogen-bond donors (Lipinski definition) is 0. The topological polar surface area (TPSA) is 3.24 Å². The summed E-state index contributed by atoms with van der Waals surface area (Å²) < 4.78 is 0. The summed E-state index contributed by atoms with van der Waals surface area (Å²) in [6.07, 6.45) is 0. The summed E-state index contributed by atoms with van der Waals surface area (Å²) in [7, 11) is 4.15. The lowest BCUT2D eigenvalue weighted by atomic mass is 10.1. The van der Waals surface area contributed by atoms with Crippen molar-refractivity contribution in [2.24, 2.45) is 0 Å². The lowest BCUT2D eigenvalue weighted by Crippen LogP contribution is -2.11. The zero-order chi connectivity index (χ0) is 11.7. The van der Waals surface area contributed by atoms with Gasteiger partial charge in [0.1, 0.15) is 0 Å². The van der Waals surface area contributed by atoms with Crippen LogP contribution >= 0.6 is 36.3 Å². The van der Waals surface area contributed by atoms with E-state index in [1.54, 1.807) is 0 Å². The van der Waals surface area contributed by atoms with E-state index in [-0.39, 0.29) is 0 Å². The molecule has 0 atom stereocenters. The predicted octanol–water partition coefficient (Wildman–Crippen LogP) is 4.63. The second kappa shape index (κ2) is 5.03. The number of halogens is 2. The van der Waals surface area contributed by atoms with Crippen molar-refractivity contribution >= 4 is 58.1 Å². The quantitative estimate of drug-likeness (QED) is 0.705. The van der Waals surface area contributed by atoms with Gasteiger partial charge in [0.25, 0.3) is 0 Å². The Morgan fingerprint density at radius 1 is 0.938 bits per heavy atom. The molecule has 0 saturated carbocycles. The maximum atomic E-state index is 3.63. The van der Waals surface area contributed by atoms with Gasteiger partial charge in [0.15, 0.2) is 0 Å². The molecule has 0 fully saturated rings. The first-order valence-electron chi connectivity index (χ1n) is 4.92. The van der Waals surface area contributed by atoms with Gasteiger partial charge in [-0.05, 0) is 42.4 Å². The summed E-state index contributed by atoms with van der Waals surface area (Å²) in [5, 5.41) is 3.52. The van der Waals surface area contributed by atoms with Crippen LogP contribution in [0.3, 0.4) is 0 Å². The summed E-state index contributed by atoms with van der Waals surface area (Å²) in [6.45, 7) is 0. The van der Waals surface area contributed by atoms with E-state index in [1.807, 2.05) is 0 Å². The van der Waals surface area contributed by atoms with E-state index in [0.717, 1.165) is 0 Å². The molecule has 0 aliphatic heterocycles. The van der Waals surface area contributed by atoms with Crippen LogP contribution in [-0.4, -0.2) is 14.1 Å². The van der Waals surface area contributed by atoms with Crippen molar-refractivity contribution in [3.8, 4) is 0 Å². The van der Waals surface area contributed by atoms with Crippen LogP contribution in [-0.2, 0) is 0 Å². The predicted molar refractivity (Wildman–Crippen MR) is 82.7 cm³/mol. The summed E-state index contributed by atoms with van der Waals surface area (Å²) >= 11 is 7.27. The van der Waals surface area contributed by atoms with Gasteiger partial charge in [-0.3, -0.25) is 0 Å². The molecule has 84 valence electrons. The van der Waals surface area contributed by atoms with Crippen molar-refractivity contribution in [3.05, 3.63) is 36.4 Å². The maximum absolute atomic E-state index is 3.63. The molecule has 0 N–H and O–H groups in total. The van der Waals surface area contributed by atoms with E-state index in [4.69, 9.17) is 0 Å². The molecule has 0 aromatic heterocycles. The Balaban J connectivity index is 2.77. The van der Waals surface area contributed by atoms with Crippen LogP contribution in [0.2, 0.25) is 0 Å². The van der Waals surface area contributed by atoms with Crippen molar-refractivity contribution in [2.45, 2.75) is 0 Å². The molecule has 0 radical (unpaired) electrons. The Morgan fingerprint density at radius 2 is 1.56 bits per heavy atom. The lowest BCUT2D eigenvalue weighted by molar-refractivity contribution is 1.14. The molecule has 0 heterocycles. The third-order valence-corrected chi connectivity index (χ3v) is 5.59. The normalized spacial score (nSPS) is 11.1. The van der Waals surface area contributed by atoms with E-state index in [9.17, 15) is 0 Å². The van der Waals surface area contributed by atoms with Crippen molar-refractivity contribution in [2.75, 3.05) is 19.0 Å². The van der Waals surface area contributed by atoms with Crippen molar-refractivity contribution in [1.82, 2.24) is 0 Å². The fourth-order valence-electron chi connectivity index (χ4n) is 1.80. The molecule has 0 aliphatic carbocycles. The van der Waals surface area contributed by atoms with Gasteiger partial charge in [-0.1, -0.05) is 30.3 Å². The standard InChI is InChI=1S/C12H12Br2NP/c1-15(2)11-7-8-12(16(13)14)10-6-4-3-5-9(10)11/h3-8H,1-2H3. The van der Waals surface area contributed by atoms with Crippen LogP contribution in [0.5, 0.6) is 0 Å². The van der Waals surface area contributed by atoms with Crippen LogP contribution in [0.1, 0.15) is 0 Å². The Morgan fingerprint density at radius 3 is 2.12 bits per heavy atom. The number of anilines is 1. The molecule has 2 aromatic rings. The number of rotatable bonds is 2. The average molecular weight is 361 g/mol. The summed E-state index contributed by atoms with van der Waals surface area (Å²) in [5.41, 5.74) is 1.26. The van der Waals surface area contributed by atoms with Crippen molar-refractivity contribution in [1.29, 1.82) is 0 Å². The highest BCUT2D eigenvalue weighted by atomic mass is 79.9. The summed E-state index contributed by atoms with van der Waals surface area (Å²) in [6, 6.07) is 12.9. The van der Waals surface area contributed by atoms with Crippen LogP contribution in [0, 0.1) is 0 Å². The Kier molecular flexibility index (Phi) is 3.89. The van der Waals surface area contributed by atoms with Gasteiger partial charge in [0.05, 0.1) is 5.33 Å². The fourth-order valence-corrected chi connectivity index (χ4v) is 4.22. The van der Waals surface area contributed by atoms with E-state index in [1.165, 1.54) is 21.8 Å². The second-order valence-corrected chi connectivity index (χ2v) is 11.8. The average Bonchev–Trinajstić information content (AvgIpc) is 2.27. The molecule has 0 amide bonds. The minimum Gasteiger partial charge on any atom is -0.377 e. The largest absolute Gasteiger partial charge is 0.377 e. The SMILES string of the molecule is CN(C)c1ccc(P(Br)Br)c2ccccc12. The highest BCUT2D eigenvalue weighted by Gasteiger charge is 2.10. The first-order chi connectivity index (χ1) is 7.61. The fraction of sp³-hybridized carbons (Fsp3) is 0.167. The second-order valence-electron chi connectivity index (χ2n) is 3.78. The van der Waals surface area contributed by atoms with Gasteiger partial charge in [0, 0.05) is 30.5 Å². The van der Waals surface area contributed by atoms with E-state index in [0.29, 0.717) is 0 Å². The third-order valence-electron chi connectivity index (χ3n) is 2.54. The third kappa shape index (κ3) is 2.27. The first-order valence-corrected chi connectivity index (χ1v) is 10.3. The highest BCUT2D eigenvalue weighted by Crippen LogP contribution is 2.52. The Labute approximate surface area is 113 Å². The summed E-state index contributed by atoms with van der Waals surface area (Å²) in [4.78, 5) is 2.15. The molecular formula is C12H12Br2NP. The van der Waals surface area contributed by atoms with Crippen LogP contribution in [0.4, 0.5) is 5.69 Å². The van der Waals surface area contributed by atoms with Gasteiger partial charge in [-0.15, -0.1) is 0 Å². The zero-order valence-corrected chi connectivity index (χ0v) is 13.2. The monoisotopic (exact) mass is 359 g/mol. The minimum absolute atomic E-state index is 0.421. The number of hydrogen-bond acceptors (Lipinski definition) is 1. The minimum atomic E-state index is -0.421. The van der Waals surface area contributed by atoms with Gasteiger partial charge >= 0.3 is 0 Å². The highest BCUT2D eigenvalue weighted by molar-refractivity contribution is 9.70. The molecule has 4 heteroatoms. The zero-order valence-electron chi connectivity index (χ0n) is 9.11. The number of nitrogens with zero attached hydrogens (tertiary/aromatic N) is 1. The van der Waals surface area contributed by atoms with Crippen LogP contribution in [0.25, 0.3) is 10.8 Å². The lowest BCUT2D eigenvalue weighted by Gasteiger charge is -2.17. The van der Waals surface area contributed by atoms with Gasteiger partial charge < -0.3 is 4.90 Å². The molecule has 0 saturated heterocycles. The first kappa shape index (κ1) is 12.3. The molecule has 0 spiro atoms. The Bertz CT molecular complexity index is 465. The van der Waals surface area contributed by atoms with Crippen molar-refractivity contribution < 1.29 is 0 Å². The maximum Gasteiger partial charge on any atom is 0.0660 e. The summed E-state index contributed by atoms with van der Waals surface area (Å²) in [5.74, 6) is 0. The van der Waals surface area contributed by atoms with Gasteiger partial charge in [0.2, 0.25) is 0 Å². The Hall–Kier alpha value is -0.110. The van der Waals surface area contributed by atoms with Crippen molar-refractivity contribution in [3.63, 3.8) is 0 Å². The van der Waals surface area contributed by atoms with E-state index < -0.39 is 5.33 Å². The smallest absolute Gasteiger partial charge is 0.0660 e.